The Kier molecular flexibility index (Phi) is 5.39. The topological polar surface area (TPSA) is 6.48 Å². The fourth-order valence-corrected chi connectivity index (χ4v) is 4.85. The van der Waals surface area contributed by atoms with Gasteiger partial charge in [-0.2, -0.15) is 0 Å². The highest BCUT2D eigenvalue weighted by Crippen LogP contribution is 2.30. The van der Waals surface area contributed by atoms with Crippen LogP contribution in [0.1, 0.15) is 77.6 Å². The lowest BCUT2D eigenvalue weighted by Gasteiger charge is -2.51. The Balaban J connectivity index is 1.65. The smallest absolute Gasteiger partial charge is 0.0224 e. The zero-order valence-corrected chi connectivity index (χ0v) is 13.5. The molecule has 1 aliphatic carbocycles. The van der Waals surface area contributed by atoms with Crippen molar-refractivity contribution >= 4 is 0 Å². The van der Waals surface area contributed by atoms with Crippen LogP contribution >= 0.6 is 0 Å². The third-order valence-electron chi connectivity index (χ3n) is 6.10. The second-order valence-corrected chi connectivity index (χ2v) is 7.40. The Morgan fingerprint density at radius 1 is 0.750 bits per heavy atom. The molecule has 2 atom stereocenters. The van der Waals surface area contributed by atoms with Gasteiger partial charge in [-0.05, 0) is 38.6 Å². The fourth-order valence-electron chi connectivity index (χ4n) is 4.85. The summed E-state index contributed by atoms with van der Waals surface area (Å²) in [5.74, 6) is 0. The van der Waals surface area contributed by atoms with Crippen LogP contribution in [0.25, 0.3) is 0 Å². The summed E-state index contributed by atoms with van der Waals surface area (Å²) in [5, 5.41) is 0. The largest absolute Gasteiger partial charge is 0.298 e. The van der Waals surface area contributed by atoms with Crippen LogP contribution in [0.3, 0.4) is 0 Å². The maximum atomic E-state index is 2.96. The third-order valence-corrected chi connectivity index (χ3v) is 6.10. The summed E-state index contributed by atoms with van der Waals surface area (Å²) in [6.45, 7) is 6.52. The van der Waals surface area contributed by atoms with Crippen LogP contribution in [0, 0.1) is 0 Å². The van der Waals surface area contributed by atoms with Crippen molar-refractivity contribution in [2.24, 2.45) is 0 Å². The van der Waals surface area contributed by atoms with E-state index in [2.05, 4.69) is 16.7 Å². The van der Waals surface area contributed by atoms with Crippen molar-refractivity contribution in [1.29, 1.82) is 0 Å². The summed E-state index contributed by atoms with van der Waals surface area (Å²) in [7, 11) is 0. The highest BCUT2D eigenvalue weighted by molar-refractivity contribution is 4.93. The number of hydrogen-bond donors (Lipinski definition) is 0. The van der Waals surface area contributed by atoms with Gasteiger partial charge in [-0.25, -0.2) is 0 Å². The minimum atomic E-state index is 0.841. The van der Waals surface area contributed by atoms with Crippen molar-refractivity contribution in [1.82, 2.24) is 9.80 Å². The molecule has 3 aliphatic rings. The molecule has 0 spiro atoms. The number of fused-ring (bicyclic) bond motifs is 1. The Hall–Kier alpha value is -0.0800. The molecule has 2 unspecified atom stereocenters. The number of rotatable bonds is 2. The molecule has 2 nitrogen and oxygen atoms in total. The molecular weight excluding hydrogens is 244 g/mol. The molecule has 0 bridgehead atoms. The zero-order chi connectivity index (χ0) is 13.8. The van der Waals surface area contributed by atoms with E-state index in [4.69, 9.17) is 0 Å². The van der Waals surface area contributed by atoms with E-state index in [0.717, 1.165) is 18.1 Å². The summed E-state index contributed by atoms with van der Waals surface area (Å²) in [4.78, 5) is 5.77. The van der Waals surface area contributed by atoms with Gasteiger partial charge in [-0.1, -0.05) is 45.4 Å². The molecular formula is C18H34N2. The van der Waals surface area contributed by atoms with E-state index < -0.39 is 0 Å². The average molecular weight is 278 g/mol. The Labute approximate surface area is 125 Å². The van der Waals surface area contributed by atoms with Crippen molar-refractivity contribution in [3.63, 3.8) is 0 Å². The molecule has 0 aromatic rings. The first-order valence-electron chi connectivity index (χ1n) is 9.38. The molecule has 3 rings (SSSR count). The van der Waals surface area contributed by atoms with Gasteiger partial charge in [0.15, 0.2) is 0 Å². The molecule has 20 heavy (non-hydrogen) atoms. The van der Waals surface area contributed by atoms with Crippen LogP contribution in [0.5, 0.6) is 0 Å². The number of piperidine rings is 1. The van der Waals surface area contributed by atoms with E-state index in [9.17, 15) is 0 Å². The van der Waals surface area contributed by atoms with Gasteiger partial charge < -0.3 is 0 Å². The van der Waals surface area contributed by atoms with Crippen LogP contribution in [0.4, 0.5) is 0 Å². The van der Waals surface area contributed by atoms with Crippen LogP contribution in [-0.2, 0) is 0 Å². The van der Waals surface area contributed by atoms with Crippen LogP contribution < -0.4 is 0 Å². The zero-order valence-electron chi connectivity index (χ0n) is 13.5. The Bertz CT molecular complexity index is 283. The predicted molar refractivity (Wildman–Crippen MR) is 86.1 cm³/mol. The SMILES string of the molecule is CCC1CN2CCCCC2CN1C1CCCCCCC1. The van der Waals surface area contributed by atoms with E-state index in [1.54, 1.807) is 0 Å². The van der Waals surface area contributed by atoms with Gasteiger partial charge in [-0.15, -0.1) is 0 Å². The van der Waals surface area contributed by atoms with Crippen molar-refractivity contribution < 1.29 is 0 Å². The van der Waals surface area contributed by atoms with Gasteiger partial charge in [0.1, 0.15) is 0 Å². The Morgan fingerprint density at radius 3 is 2.15 bits per heavy atom. The fraction of sp³-hybridized carbons (Fsp3) is 1.00. The van der Waals surface area contributed by atoms with Crippen molar-refractivity contribution in [2.75, 3.05) is 19.6 Å². The molecule has 0 radical (unpaired) electrons. The van der Waals surface area contributed by atoms with Crippen molar-refractivity contribution in [3.05, 3.63) is 0 Å². The van der Waals surface area contributed by atoms with E-state index in [-0.39, 0.29) is 0 Å². The van der Waals surface area contributed by atoms with Crippen molar-refractivity contribution in [3.8, 4) is 0 Å². The van der Waals surface area contributed by atoms with E-state index in [1.807, 2.05) is 0 Å². The molecule has 2 heterocycles. The first-order valence-corrected chi connectivity index (χ1v) is 9.38. The first kappa shape index (κ1) is 14.8. The molecule has 2 aliphatic heterocycles. The van der Waals surface area contributed by atoms with E-state index >= 15 is 0 Å². The van der Waals surface area contributed by atoms with Crippen LogP contribution in [0.2, 0.25) is 0 Å². The summed E-state index contributed by atoms with van der Waals surface area (Å²) >= 11 is 0. The second-order valence-electron chi connectivity index (χ2n) is 7.40. The number of hydrogen-bond acceptors (Lipinski definition) is 2. The van der Waals surface area contributed by atoms with Crippen LogP contribution in [0.15, 0.2) is 0 Å². The molecule has 0 aromatic carbocycles. The molecule has 2 saturated heterocycles. The summed E-state index contributed by atoms with van der Waals surface area (Å²) < 4.78 is 0. The summed E-state index contributed by atoms with van der Waals surface area (Å²) in [6, 6.07) is 2.63. The average Bonchev–Trinajstić information content (AvgIpc) is 2.46. The first-order chi connectivity index (χ1) is 9.88. The maximum Gasteiger partial charge on any atom is 0.0224 e. The van der Waals surface area contributed by atoms with E-state index in [0.29, 0.717) is 0 Å². The highest BCUT2D eigenvalue weighted by atomic mass is 15.3. The molecule has 2 heteroatoms. The predicted octanol–water partition coefficient (Wildman–Crippen LogP) is 4.05. The van der Waals surface area contributed by atoms with Gasteiger partial charge >= 0.3 is 0 Å². The molecule has 1 saturated carbocycles. The molecule has 0 aromatic heterocycles. The second kappa shape index (κ2) is 7.26. The summed E-state index contributed by atoms with van der Waals surface area (Å²) in [6.07, 6.45) is 16.1. The number of piperazine rings is 1. The highest BCUT2D eigenvalue weighted by Gasteiger charge is 2.36. The molecule has 0 amide bonds. The Morgan fingerprint density at radius 2 is 1.40 bits per heavy atom. The van der Waals surface area contributed by atoms with Crippen LogP contribution in [-0.4, -0.2) is 47.6 Å². The van der Waals surface area contributed by atoms with E-state index in [1.165, 1.54) is 90.3 Å². The normalized spacial score (nSPS) is 35.2. The van der Waals surface area contributed by atoms with Gasteiger partial charge in [0, 0.05) is 31.2 Å². The van der Waals surface area contributed by atoms with Gasteiger partial charge in [0.25, 0.3) is 0 Å². The minimum Gasteiger partial charge on any atom is -0.298 e. The maximum absolute atomic E-state index is 2.96. The standard InChI is InChI=1S/C18H34N2/c1-2-16-14-19-13-9-8-12-18(19)15-20(16)17-10-6-4-3-5-7-11-17/h16-18H,2-15H2,1H3. The third kappa shape index (κ3) is 3.39. The summed E-state index contributed by atoms with van der Waals surface area (Å²) in [5.41, 5.74) is 0. The van der Waals surface area contributed by atoms with Gasteiger partial charge in [0.05, 0.1) is 0 Å². The van der Waals surface area contributed by atoms with Gasteiger partial charge in [0.2, 0.25) is 0 Å². The lowest BCUT2D eigenvalue weighted by molar-refractivity contribution is -0.0209. The van der Waals surface area contributed by atoms with Crippen molar-refractivity contribution in [2.45, 2.75) is 95.7 Å². The molecule has 3 fully saturated rings. The number of nitrogens with zero attached hydrogens (tertiary/aromatic N) is 2. The molecule has 116 valence electrons. The monoisotopic (exact) mass is 278 g/mol. The molecule has 0 N–H and O–H groups in total. The lowest BCUT2D eigenvalue weighted by Crippen LogP contribution is -2.61. The lowest BCUT2D eigenvalue weighted by atomic mass is 9.90. The van der Waals surface area contributed by atoms with Gasteiger partial charge in [-0.3, -0.25) is 9.80 Å². The minimum absolute atomic E-state index is 0.841. The quantitative estimate of drug-likeness (QED) is 0.752.